The van der Waals surface area contributed by atoms with Gasteiger partial charge in [-0.25, -0.2) is 0 Å². The van der Waals surface area contributed by atoms with E-state index in [2.05, 4.69) is 11.8 Å². The zero-order chi connectivity index (χ0) is 16.0. The van der Waals surface area contributed by atoms with Crippen LogP contribution in [0.2, 0.25) is 0 Å². The molecule has 2 heterocycles. The van der Waals surface area contributed by atoms with E-state index in [1.54, 1.807) is 7.11 Å². The largest absolute Gasteiger partial charge is 0.496 e. The Balaban J connectivity index is 1.46. The molecule has 1 saturated heterocycles. The Kier molecular flexibility index (Phi) is 3.51. The lowest BCUT2D eigenvalue weighted by Gasteiger charge is -2.29. The number of hydrogen-bond acceptors (Lipinski definition) is 3. The van der Waals surface area contributed by atoms with Crippen LogP contribution in [0.5, 0.6) is 11.5 Å². The number of nitrogens with zero attached hydrogens (tertiary/aromatic N) is 1. The summed E-state index contributed by atoms with van der Waals surface area (Å²) in [5.74, 6) is 2.55. The lowest BCUT2D eigenvalue weighted by Crippen LogP contribution is -2.40. The summed E-state index contributed by atoms with van der Waals surface area (Å²) in [5.41, 5.74) is 1.54. The molecule has 0 bridgehead atoms. The van der Waals surface area contributed by atoms with E-state index >= 15 is 0 Å². The van der Waals surface area contributed by atoms with Gasteiger partial charge in [-0.15, -0.1) is 0 Å². The first-order chi connectivity index (χ1) is 11.1. The number of carbonyl (C=O) groups is 1. The first-order valence-electron chi connectivity index (χ1n) is 8.68. The van der Waals surface area contributed by atoms with Gasteiger partial charge in [0, 0.05) is 18.7 Å². The van der Waals surface area contributed by atoms with Crippen molar-refractivity contribution in [2.45, 2.75) is 32.6 Å². The second-order valence-corrected chi connectivity index (χ2v) is 7.57. The minimum Gasteiger partial charge on any atom is -0.496 e. The van der Waals surface area contributed by atoms with Crippen LogP contribution in [-0.4, -0.2) is 37.6 Å². The van der Waals surface area contributed by atoms with Crippen LogP contribution in [0.3, 0.4) is 0 Å². The number of amides is 1. The molecule has 4 heteroatoms. The van der Waals surface area contributed by atoms with Crippen LogP contribution in [0.1, 0.15) is 31.7 Å². The number of ether oxygens (including phenoxy) is 2. The van der Waals surface area contributed by atoms with Crippen molar-refractivity contribution in [3.05, 3.63) is 23.8 Å². The molecule has 1 aromatic rings. The highest BCUT2D eigenvalue weighted by molar-refractivity contribution is 5.80. The highest BCUT2D eigenvalue weighted by Crippen LogP contribution is 2.54. The standard InChI is InChI=1S/C19H25NO3/c1-19(7-8-19)14-6-9-20(11-14)18(21)13-10-15-16(22-2)4-3-5-17(15)23-12-13/h3-5,13-14H,6-12H2,1-2H3. The van der Waals surface area contributed by atoms with Crippen molar-refractivity contribution in [2.75, 3.05) is 26.8 Å². The summed E-state index contributed by atoms with van der Waals surface area (Å²) in [7, 11) is 1.67. The number of rotatable bonds is 3. The van der Waals surface area contributed by atoms with E-state index in [1.165, 1.54) is 12.8 Å². The molecule has 0 spiro atoms. The van der Waals surface area contributed by atoms with Crippen molar-refractivity contribution in [1.82, 2.24) is 4.90 Å². The smallest absolute Gasteiger partial charge is 0.229 e. The van der Waals surface area contributed by atoms with Gasteiger partial charge >= 0.3 is 0 Å². The van der Waals surface area contributed by atoms with Crippen molar-refractivity contribution in [1.29, 1.82) is 0 Å². The molecule has 0 radical (unpaired) electrons. The molecule has 1 amide bonds. The summed E-state index contributed by atoms with van der Waals surface area (Å²) < 4.78 is 11.3. The van der Waals surface area contributed by atoms with Crippen molar-refractivity contribution in [3.63, 3.8) is 0 Å². The normalized spacial score (nSPS) is 28.0. The Morgan fingerprint density at radius 3 is 2.96 bits per heavy atom. The van der Waals surface area contributed by atoms with E-state index in [4.69, 9.17) is 9.47 Å². The number of likely N-dealkylation sites (tertiary alicyclic amines) is 1. The summed E-state index contributed by atoms with van der Waals surface area (Å²) in [5, 5.41) is 0. The van der Waals surface area contributed by atoms with Crippen molar-refractivity contribution >= 4 is 5.91 Å². The minimum absolute atomic E-state index is 0.0791. The molecule has 1 aromatic carbocycles. The van der Waals surface area contributed by atoms with Gasteiger partial charge in [0.05, 0.1) is 13.0 Å². The highest BCUT2D eigenvalue weighted by Gasteiger charge is 2.48. The molecule has 0 aromatic heterocycles. The maximum atomic E-state index is 12.9. The molecular weight excluding hydrogens is 290 g/mol. The van der Waals surface area contributed by atoms with Crippen molar-refractivity contribution in [2.24, 2.45) is 17.3 Å². The summed E-state index contributed by atoms with van der Waals surface area (Å²) in [6.45, 7) is 4.70. The zero-order valence-corrected chi connectivity index (χ0v) is 14.0. The maximum absolute atomic E-state index is 12.9. The van der Waals surface area contributed by atoms with E-state index < -0.39 is 0 Å². The monoisotopic (exact) mass is 315 g/mol. The third-order valence-corrected chi connectivity index (χ3v) is 6.07. The Morgan fingerprint density at radius 2 is 2.22 bits per heavy atom. The second-order valence-electron chi connectivity index (χ2n) is 7.57. The third kappa shape index (κ3) is 2.58. The molecule has 2 aliphatic heterocycles. The van der Waals surface area contributed by atoms with Crippen LogP contribution in [0.25, 0.3) is 0 Å². The molecule has 0 N–H and O–H groups in total. The molecule has 2 unspecified atom stereocenters. The van der Waals surface area contributed by atoms with Gasteiger partial charge < -0.3 is 14.4 Å². The van der Waals surface area contributed by atoms with Crippen LogP contribution < -0.4 is 9.47 Å². The minimum atomic E-state index is -0.0791. The molecule has 3 aliphatic rings. The molecule has 1 aliphatic carbocycles. The average Bonchev–Trinajstić information content (AvgIpc) is 3.14. The fourth-order valence-electron chi connectivity index (χ4n) is 4.12. The van der Waals surface area contributed by atoms with Crippen LogP contribution in [-0.2, 0) is 11.2 Å². The van der Waals surface area contributed by atoms with Crippen LogP contribution in [0.15, 0.2) is 18.2 Å². The van der Waals surface area contributed by atoms with Gasteiger partial charge in [0.15, 0.2) is 0 Å². The Hall–Kier alpha value is -1.71. The van der Waals surface area contributed by atoms with E-state index in [0.29, 0.717) is 17.9 Å². The van der Waals surface area contributed by atoms with Gasteiger partial charge in [-0.2, -0.15) is 0 Å². The topological polar surface area (TPSA) is 38.8 Å². The number of carbonyl (C=O) groups excluding carboxylic acids is 1. The molecule has 4 rings (SSSR count). The van der Waals surface area contributed by atoms with Crippen LogP contribution in [0, 0.1) is 17.3 Å². The quantitative estimate of drug-likeness (QED) is 0.861. The number of methoxy groups -OCH3 is 1. The summed E-state index contributed by atoms with van der Waals surface area (Å²) in [4.78, 5) is 15.0. The average molecular weight is 315 g/mol. The fourth-order valence-corrected chi connectivity index (χ4v) is 4.12. The number of benzene rings is 1. The van der Waals surface area contributed by atoms with Gasteiger partial charge in [0.1, 0.15) is 18.1 Å². The van der Waals surface area contributed by atoms with E-state index in [1.807, 2.05) is 18.2 Å². The Bertz CT molecular complexity index is 609. The summed E-state index contributed by atoms with van der Waals surface area (Å²) in [6, 6.07) is 5.83. The fraction of sp³-hybridized carbons (Fsp3) is 0.632. The van der Waals surface area contributed by atoms with Crippen LogP contribution in [0.4, 0.5) is 0 Å². The molecule has 4 nitrogen and oxygen atoms in total. The van der Waals surface area contributed by atoms with Crippen molar-refractivity contribution in [3.8, 4) is 11.5 Å². The first kappa shape index (κ1) is 14.9. The lowest BCUT2D eigenvalue weighted by molar-refractivity contribution is -0.136. The molecule has 2 atom stereocenters. The maximum Gasteiger partial charge on any atom is 0.229 e. The van der Waals surface area contributed by atoms with Gasteiger partial charge in [-0.05, 0) is 49.1 Å². The van der Waals surface area contributed by atoms with E-state index in [0.717, 1.165) is 43.0 Å². The molecule has 2 fully saturated rings. The third-order valence-electron chi connectivity index (χ3n) is 6.07. The van der Waals surface area contributed by atoms with Crippen molar-refractivity contribution < 1.29 is 14.3 Å². The van der Waals surface area contributed by atoms with Gasteiger partial charge in [-0.1, -0.05) is 13.0 Å². The van der Waals surface area contributed by atoms with Gasteiger partial charge in [0.25, 0.3) is 0 Å². The molecular formula is C19H25NO3. The Labute approximate surface area is 137 Å². The van der Waals surface area contributed by atoms with Gasteiger partial charge in [-0.3, -0.25) is 4.79 Å². The molecule has 1 saturated carbocycles. The van der Waals surface area contributed by atoms with E-state index in [9.17, 15) is 4.79 Å². The predicted molar refractivity (Wildman–Crippen MR) is 87.7 cm³/mol. The lowest BCUT2D eigenvalue weighted by atomic mass is 9.90. The highest BCUT2D eigenvalue weighted by atomic mass is 16.5. The zero-order valence-electron chi connectivity index (χ0n) is 14.0. The SMILES string of the molecule is COc1cccc2c1CC(C(=O)N1CCC(C3(C)CC3)C1)CO2. The molecule has 124 valence electrons. The number of hydrogen-bond donors (Lipinski definition) is 0. The Morgan fingerprint density at radius 1 is 1.39 bits per heavy atom. The van der Waals surface area contributed by atoms with E-state index in [-0.39, 0.29) is 11.8 Å². The van der Waals surface area contributed by atoms with Gasteiger partial charge in [0.2, 0.25) is 5.91 Å². The summed E-state index contributed by atoms with van der Waals surface area (Å²) >= 11 is 0. The summed E-state index contributed by atoms with van der Waals surface area (Å²) in [6.07, 6.45) is 4.54. The van der Waals surface area contributed by atoms with Crippen LogP contribution >= 0.6 is 0 Å². The predicted octanol–water partition coefficient (Wildman–Crippen LogP) is 2.89. The second kappa shape index (κ2) is 5.43. The molecule has 23 heavy (non-hydrogen) atoms. The number of fused-ring (bicyclic) bond motifs is 1. The first-order valence-corrected chi connectivity index (χ1v) is 8.68.